The number of esters is 1. The summed E-state index contributed by atoms with van der Waals surface area (Å²) in [4.78, 5) is 12.6. The SMILES string of the molecule is C=C1CC(OC(=O)CC(C)C)C(C(C)(C)OC2OCC(O)C(O)C2O)CC2(C)CCCC12. The Labute approximate surface area is 192 Å². The molecule has 0 aromatic heterocycles. The quantitative estimate of drug-likeness (QED) is 0.419. The maximum Gasteiger partial charge on any atom is 0.306 e. The van der Waals surface area contributed by atoms with Gasteiger partial charge in [0.15, 0.2) is 6.29 Å². The summed E-state index contributed by atoms with van der Waals surface area (Å²) in [5.74, 6) is 0.226. The molecule has 3 rings (SSSR count). The molecule has 1 aliphatic heterocycles. The number of fused-ring (bicyclic) bond motifs is 1. The Morgan fingerprint density at radius 2 is 1.97 bits per heavy atom. The number of carbonyl (C=O) groups excluding carboxylic acids is 1. The van der Waals surface area contributed by atoms with Crippen LogP contribution in [0.1, 0.15) is 73.1 Å². The second kappa shape index (κ2) is 9.71. The van der Waals surface area contributed by atoms with E-state index in [1.807, 2.05) is 27.7 Å². The number of aliphatic hydroxyl groups excluding tert-OH is 3. The Hall–Kier alpha value is -0.990. The molecular weight excluding hydrogens is 412 g/mol. The van der Waals surface area contributed by atoms with Crippen molar-refractivity contribution < 1.29 is 34.3 Å². The summed E-state index contributed by atoms with van der Waals surface area (Å²) in [6.45, 7) is 14.4. The molecule has 0 spiro atoms. The van der Waals surface area contributed by atoms with Crippen molar-refractivity contribution in [3.63, 3.8) is 0 Å². The minimum Gasteiger partial charge on any atom is -0.462 e. The highest BCUT2D eigenvalue weighted by Crippen LogP contribution is 2.56. The van der Waals surface area contributed by atoms with Crippen molar-refractivity contribution in [2.75, 3.05) is 6.61 Å². The normalized spacial score (nSPS) is 40.8. The van der Waals surface area contributed by atoms with Gasteiger partial charge in [-0.15, -0.1) is 0 Å². The maximum absolute atomic E-state index is 12.6. The lowest BCUT2D eigenvalue weighted by Crippen LogP contribution is -2.57. The zero-order valence-electron chi connectivity index (χ0n) is 20.3. The molecule has 3 aliphatic rings. The van der Waals surface area contributed by atoms with Gasteiger partial charge in [-0.3, -0.25) is 4.79 Å². The first-order chi connectivity index (χ1) is 14.8. The molecule has 3 N–H and O–H groups in total. The molecule has 32 heavy (non-hydrogen) atoms. The average Bonchev–Trinajstić information content (AvgIpc) is 3.02. The van der Waals surface area contributed by atoms with Crippen molar-refractivity contribution in [2.45, 2.75) is 109 Å². The van der Waals surface area contributed by atoms with Gasteiger partial charge < -0.3 is 29.5 Å². The molecule has 3 fully saturated rings. The van der Waals surface area contributed by atoms with E-state index in [0.29, 0.717) is 18.8 Å². The van der Waals surface area contributed by atoms with E-state index in [2.05, 4.69) is 13.5 Å². The van der Waals surface area contributed by atoms with Gasteiger partial charge in [0.05, 0.1) is 12.2 Å². The Morgan fingerprint density at radius 1 is 1.28 bits per heavy atom. The molecule has 0 bridgehead atoms. The monoisotopic (exact) mass is 454 g/mol. The van der Waals surface area contributed by atoms with Crippen LogP contribution in [-0.2, 0) is 19.0 Å². The molecule has 2 aliphatic carbocycles. The number of carbonyl (C=O) groups is 1. The van der Waals surface area contributed by atoms with Crippen LogP contribution in [0.5, 0.6) is 0 Å². The first-order valence-corrected chi connectivity index (χ1v) is 12.0. The highest BCUT2D eigenvalue weighted by molar-refractivity contribution is 5.69. The summed E-state index contributed by atoms with van der Waals surface area (Å²) in [6.07, 6.45) is -0.228. The summed E-state index contributed by atoms with van der Waals surface area (Å²) in [7, 11) is 0. The van der Waals surface area contributed by atoms with Gasteiger partial charge in [-0.25, -0.2) is 0 Å². The van der Waals surface area contributed by atoms with Crippen molar-refractivity contribution in [3.8, 4) is 0 Å². The molecule has 8 atom stereocenters. The van der Waals surface area contributed by atoms with Crippen molar-refractivity contribution in [1.82, 2.24) is 0 Å². The van der Waals surface area contributed by atoms with Gasteiger partial charge in [-0.05, 0) is 50.4 Å². The first kappa shape index (κ1) is 25.6. The predicted molar refractivity (Wildman–Crippen MR) is 120 cm³/mol. The van der Waals surface area contributed by atoms with Crippen molar-refractivity contribution in [2.24, 2.45) is 23.2 Å². The van der Waals surface area contributed by atoms with Crippen LogP contribution in [0, 0.1) is 23.2 Å². The Balaban J connectivity index is 1.86. The summed E-state index contributed by atoms with van der Waals surface area (Å²) in [5, 5.41) is 30.3. The predicted octanol–water partition coefficient (Wildman–Crippen LogP) is 2.95. The van der Waals surface area contributed by atoms with E-state index in [1.165, 1.54) is 0 Å². The Bertz CT molecular complexity index is 690. The van der Waals surface area contributed by atoms with E-state index in [0.717, 1.165) is 31.3 Å². The summed E-state index contributed by atoms with van der Waals surface area (Å²) >= 11 is 0. The van der Waals surface area contributed by atoms with Crippen molar-refractivity contribution in [1.29, 1.82) is 0 Å². The van der Waals surface area contributed by atoms with E-state index >= 15 is 0 Å². The molecule has 1 heterocycles. The van der Waals surface area contributed by atoms with Crippen LogP contribution in [0.25, 0.3) is 0 Å². The fourth-order valence-electron chi connectivity index (χ4n) is 5.99. The van der Waals surface area contributed by atoms with Crippen LogP contribution in [0.4, 0.5) is 0 Å². The van der Waals surface area contributed by atoms with Gasteiger partial charge in [0.2, 0.25) is 0 Å². The fourth-order valence-corrected chi connectivity index (χ4v) is 5.99. The molecule has 7 nitrogen and oxygen atoms in total. The second-order valence-corrected chi connectivity index (χ2v) is 11.4. The van der Waals surface area contributed by atoms with Gasteiger partial charge in [-0.2, -0.15) is 0 Å². The van der Waals surface area contributed by atoms with E-state index in [4.69, 9.17) is 14.2 Å². The third kappa shape index (κ3) is 5.39. The minimum absolute atomic E-state index is 0.0450. The van der Waals surface area contributed by atoms with Gasteiger partial charge >= 0.3 is 5.97 Å². The van der Waals surface area contributed by atoms with Crippen LogP contribution >= 0.6 is 0 Å². The lowest BCUT2D eigenvalue weighted by Gasteiger charge is -2.45. The minimum atomic E-state index is -1.37. The third-order valence-electron chi connectivity index (χ3n) is 7.80. The molecule has 7 heteroatoms. The summed E-state index contributed by atoms with van der Waals surface area (Å²) in [5.41, 5.74) is 0.360. The third-order valence-corrected chi connectivity index (χ3v) is 7.80. The number of ether oxygens (including phenoxy) is 3. The molecule has 0 radical (unpaired) electrons. The lowest BCUT2D eigenvalue weighted by atomic mass is 9.70. The van der Waals surface area contributed by atoms with E-state index in [1.54, 1.807) is 0 Å². The van der Waals surface area contributed by atoms with E-state index in [-0.39, 0.29) is 35.9 Å². The van der Waals surface area contributed by atoms with Crippen LogP contribution in [0.15, 0.2) is 12.2 Å². The number of rotatable bonds is 6. The number of aliphatic hydroxyl groups is 3. The van der Waals surface area contributed by atoms with Crippen LogP contribution in [0.2, 0.25) is 0 Å². The van der Waals surface area contributed by atoms with Crippen LogP contribution < -0.4 is 0 Å². The van der Waals surface area contributed by atoms with Gasteiger partial charge in [0, 0.05) is 18.8 Å². The zero-order chi connectivity index (χ0) is 23.8. The highest BCUT2D eigenvalue weighted by Gasteiger charge is 2.52. The van der Waals surface area contributed by atoms with Crippen molar-refractivity contribution >= 4 is 5.97 Å². The smallest absolute Gasteiger partial charge is 0.306 e. The highest BCUT2D eigenvalue weighted by atomic mass is 16.7. The molecule has 1 saturated heterocycles. The van der Waals surface area contributed by atoms with Gasteiger partial charge in [0.1, 0.15) is 24.4 Å². The molecule has 184 valence electrons. The Morgan fingerprint density at radius 3 is 2.62 bits per heavy atom. The number of hydrogen-bond donors (Lipinski definition) is 3. The second-order valence-electron chi connectivity index (χ2n) is 11.4. The molecule has 2 saturated carbocycles. The summed E-state index contributed by atoms with van der Waals surface area (Å²) in [6, 6.07) is 0. The van der Waals surface area contributed by atoms with E-state index < -0.39 is 30.2 Å². The first-order valence-electron chi connectivity index (χ1n) is 12.0. The standard InChI is InChI=1S/C25H42O7/c1-14(2)10-20(27)31-19-11-15(3)16-8-7-9-25(16,6)12-17(19)24(4,5)32-23-22(29)21(28)18(26)13-30-23/h14,16-19,21-23,26,28-29H,3,7-13H2,1-2,4-6H3. The molecule has 0 aromatic carbocycles. The molecular formula is C25H42O7. The van der Waals surface area contributed by atoms with Crippen LogP contribution in [-0.4, -0.2) is 64.2 Å². The lowest BCUT2D eigenvalue weighted by molar-refractivity contribution is -0.308. The molecule has 0 amide bonds. The fraction of sp³-hybridized carbons (Fsp3) is 0.880. The maximum atomic E-state index is 12.6. The van der Waals surface area contributed by atoms with E-state index in [9.17, 15) is 20.1 Å². The van der Waals surface area contributed by atoms with Gasteiger partial charge in [-0.1, -0.05) is 39.3 Å². The molecule has 0 aromatic rings. The average molecular weight is 455 g/mol. The summed E-state index contributed by atoms with van der Waals surface area (Å²) < 4.78 is 17.8. The topological polar surface area (TPSA) is 105 Å². The van der Waals surface area contributed by atoms with Crippen molar-refractivity contribution in [3.05, 3.63) is 12.2 Å². The number of hydrogen-bond acceptors (Lipinski definition) is 7. The molecule has 8 unspecified atom stereocenters. The van der Waals surface area contributed by atoms with Gasteiger partial charge in [0.25, 0.3) is 0 Å². The zero-order valence-corrected chi connectivity index (χ0v) is 20.3. The largest absolute Gasteiger partial charge is 0.462 e. The van der Waals surface area contributed by atoms with Crippen LogP contribution in [0.3, 0.4) is 0 Å². The Kier molecular flexibility index (Phi) is 7.77.